The molecule has 0 spiro atoms. The van der Waals surface area contributed by atoms with Gasteiger partial charge in [0.05, 0.1) is 6.61 Å². The van der Waals surface area contributed by atoms with E-state index in [1.165, 1.54) is 6.07 Å². The molecule has 0 aliphatic rings. The Balaban J connectivity index is 1.85. The summed E-state index contributed by atoms with van der Waals surface area (Å²) in [6.07, 6.45) is 0.570. The van der Waals surface area contributed by atoms with Gasteiger partial charge in [0.2, 0.25) is 5.91 Å². The van der Waals surface area contributed by atoms with Gasteiger partial charge in [-0.05, 0) is 49.1 Å². The van der Waals surface area contributed by atoms with Crippen LogP contribution in [0.3, 0.4) is 0 Å². The molecule has 2 aromatic rings. The Bertz CT molecular complexity index is 835. The number of ether oxygens (including phenoxy) is 1. The van der Waals surface area contributed by atoms with Crippen LogP contribution < -0.4 is 15.4 Å². The number of carbonyl (C=O) groups excluding carboxylic acids is 2. The van der Waals surface area contributed by atoms with Gasteiger partial charge in [0.25, 0.3) is 5.91 Å². The van der Waals surface area contributed by atoms with Crippen molar-refractivity contribution in [2.24, 2.45) is 5.92 Å². The van der Waals surface area contributed by atoms with Crippen LogP contribution in [0.5, 0.6) is 5.75 Å². The highest BCUT2D eigenvalue weighted by Crippen LogP contribution is 2.14. The van der Waals surface area contributed by atoms with Crippen molar-refractivity contribution in [1.29, 1.82) is 0 Å². The number of carbonyl (C=O) groups is 2. The van der Waals surface area contributed by atoms with Crippen LogP contribution in [0.4, 0.5) is 8.78 Å². The Kier molecular flexibility index (Phi) is 8.12. The lowest BCUT2D eigenvalue weighted by atomic mass is 10.0. The molecule has 0 saturated heterocycles. The molecule has 29 heavy (non-hydrogen) atoms. The molecule has 2 N–H and O–H groups in total. The molecule has 0 unspecified atom stereocenters. The van der Waals surface area contributed by atoms with Crippen LogP contribution in [0.1, 0.15) is 36.2 Å². The lowest BCUT2D eigenvalue weighted by Gasteiger charge is -2.22. The number of aryl methyl sites for hydroxylation is 1. The van der Waals surface area contributed by atoms with Gasteiger partial charge in [-0.15, -0.1) is 0 Å². The average molecular weight is 404 g/mol. The van der Waals surface area contributed by atoms with E-state index in [1.54, 1.807) is 13.8 Å². The zero-order chi connectivity index (χ0) is 21.4. The molecular formula is C22H26F2N2O3. The minimum Gasteiger partial charge on any atom is -0.494 e. The molecule has 2 rings (SSSR count). The maximum absolute atomic E-state index is 13.8. The largest absolute Gasteiger partial charge is 0.494 e. The molecule has 1 atom stereocenters. The molecule has 0 heterocycles. The second kappa shape index (κ2) is 10.5. The van der Waals surface area contributed by atoms with E-state index < -0.39 is 35.1 Å². The number of hydrogen-bond acceptors (Lipinski definition) is 3. The van der Waals surface area contributed by atoms with Crippen LogP contribution in [0.15, 0.2) is 42.5 Å². The Morgan fingerprint density at radius 3 is 2.34 bits per heavy atom. The van der Waals surface area contributed by atoms with Gasteiger partial charge in [-0.25, -0.2) is 8.78 Å². The highest BCUT2D eigenvalue weighted by molar-refractivity contribution is 5.98. The summed E-state index contributed by atoms with van der Waals surface area (Å²) in [6, 6.07) is 9.91. The van der Waals surface area contributed by atoms with Crippen LogP contribution in [0.2, 0.25) is 0 Å². The lowest BCUT2D eigenvalue weighted by molar-refractivity contribution is -0.123. The predicted molar refractivity (Wildman–Crippen MR) is 107 cm³/mol. The second-order valence-electron chi connectivity index (χ2n) is 7.10. The molecular weight excluding hydrogens is 378 g/mol. The van der Waals surface area contributed by atoms with Crippen molar-refractivity contribution in [2.45, 2.75) is 33.2 Å². The van der Waals surface area contributed by atoms with Crippen molar-refractivity contribution >= 4 is 11.8 Å². The third-order valence-corrected chi connectivity index (χ3v) is 4.30. The van der Waals surface area contributed by atoms with E-state index in [9.17, 15) is 18.4 Å². The van der Waals surface area contributed by atoms with Crippen molar-refractivity contribution in [3.05, 3.63) is 65.2 Å². The van der Waals surface area contributed by atoms with E-state index in [-0.39, 0.29) is 5.92 Å². The summed E-state index contributed by atoms with van der Waals surface area (Å²) in [7, 11) is 0. The fourth-order valence-electron chi connectivity index (χ4n) is 2.75. The van der Waals surface area contributed by atoms with Crippen molar-refractivity contribution in [2.75, 3.05) is 13.2 Å². The summed E-state index contributed by atoms with van der Waals surface area (Å²) in [6.45, 7) is 6.22. The average Bonchev–Trinajstić information content (AvgIpc) is 2.65. The van der Waals surface area contributed by atoms with Crippen LogP contribution >= 0.6 is 0 Å². The van der Waals surface area contributed by atoms with Crippen molar-refractivity contribution in [3.8, 4) is 5.75 Å². The third-order valence-electron chi connectivity index (χ3n) is 4.30. The Morgan fingerprint density at radius 2 is 1.72 bits per heavy atom. The molecule has 5 nitrogen and oxygen atoms in total. The minimum absolute atomic E-state index is 0.266. The van der Waals surface area contributed by atoms with E-state index in [0.717, 1.165) is 23.4 Å². The molecule has 2 aromatic carbocycles. The summed E-state index contributed by atoms with van der Waals surface area (Å²) >= 11 is 0. The Labute approximate surface area is 169 Å². The quantitative estimate of drug-likeness (QED) is 0.628. The van der Waals surface area contributed by atoms with E-state index >= 15 is 0 Å². The smallest absolute Gasteiger partial charge is 0.257 e. The number of benzene rings is 2. The summed E-state index contributed by atoms with van der Waals surface area (Å²) in [5, 5.41) is 5.15. The van der Waals surface area contributed by atoms with Gasteiger partial charge in [0.15, 0.2) is 0 Å². The zero-order valence-corrected chi connectivity index (χ0v) is 16.8. The predicted octanol–water partition coefficient (Wildman–Crippen LogP) is 3.61. The molecule has 0 fully saturated rings. The topological polar surface area (TPSA) is 67.4 Å². The SMILES string of the molecule is Cc1cccc(OCCCNC(=O)[C@@H](NC(=O)c2c(F)cccc2F)C(C)C)c1. The van der Waals surface area contributed by atoms with Crippen molar-refractivity contribution in [3.63, 3.8) is 0 Å². The molecule has 0 bridgehead atoms. The second-order valence-corrected chi connectivity index (χ2v) is 7.10. The highest BCUT2D eigenvalue weighted by atomic mass is 19.1. The molecule has 7 heteroatoms. The van der Waals surface area contributed by atoms with Crippen molar-refractivity contribution < 1.29 is 23.1 Å². The van der Waals surface area contributed by atoms with Gasteiger partial charge in [-0.3, -0.25) is 9.59 Å². The van der Waals surface area contributed by atoms with Gasteiger partial charge in [-0.2, -0.15) is 0 Å². The molecule has 0 aromatic heterocycles. The summed E-state index contributed by atoms with van der Waals surface area (Å²) in [5.41, 5.74) is 0.398. The number of amides is 2. The number of hydrogen-bond donors (Lipinski definition) is 2. The molecule has 0 aliphatic heterocycles. The summed E-state index contributed by atoms with van der Waals surface area (Å²) in [4.78, 5) is 24.7. The van der Waals surface area contributed by atoms with E-state index in [2.05, 4.69) is 10.6 Å². The van der Waals surface area contributed by atoms with Crippen molar-refractivity contribution in [1.82, 2.24) is 10.6 Å². The Hall–Kier alpha value is -2.96. The van der Waals surface area contributed by atoms with Crippen LogP contribution in [0.25, 0.3) is 0 Å². The first kappa shape index (κ1) is 22.3. The molecule has 2 amide bonds. The minimum atomic E-state index is -0.973. The molecule has 0 saturated carbocycles. The first-order valence-corrected chi connectivity index (χ1v) is 9.51. The maximum atomic E-state index is 13.8. The van der Waals surface area contributed by atoms with Gasteiger partial charge >= 0.3 is 0 Å². The first-order chi connectivity index (χ1) is 13.8. The fraction of sp³-hybridized carbons (Fsp3) is 0.364. The van der Waals surface area contributed by atoms with E-state index in [0.29, 0.717) is 19.6 Å². The number of nitrogens with one attached hydrogen (secondary N) is 2. The maximum Gasteiger partial charge on any atom is 0.257 e. The normalized spacial score (nSPS) is 11.8. The van der Waals surface area contributed by atoms with Gasteiger partial charge in [0.1, 0.15) is 29.0 Å². The van der Waals surface area contributed by atoms with Crippen LogP contribution in [0, 0.1) is 24.5 Å². The standard InChI is InChI=1S/C22H26F2N2O3/c1-14(2)20(26-21(27)19-17(23)9-5-10-18(19)24)22(28)25-11-6-12-29-16-8-4-7-15(3)13-16/h4-5,7-10,13-14,20H,6,11-12H2,1-3H3,(H,25,28)(H,26,27)/t20-/m0/s1. The van der Waals surface area contributed by atoms with Crippen LogP contribution in [-0.2, 0) is 4.79 Å². The fourth-order valence-corrected chi connectivity index (χ4v) is 2.75. The third kappa shape index (κ3) is 6.55. The zero-order valence-electron chi connectivity index (χ0n) is 16.8. The van der Waals surface area contributed by atoms with Gasteiger partial charge < -0.3 is 15.4 Å². The first-order valence-electron chi connectivity index (χ1n) is 9.51. The highest BCUT2D eigenvalue weighted by Gasteiger charge is 2.27. The Morgan fingerprint density at radius 1 is 1.07 bits per heavy atom. The molecule has 156 valence electrons. The molecule has 0 radical (unpaired) electrons. The summed E-state index contributed by atoms with van der Waals surface area (Å²) in [5.74, 6) is -2.83. The lowest BCUT2D eigenvalue weighted by Crippen LogP contribution is -2.50. The summed E-state index contributed by atoms with van der Waals surface area (Å²) < 4.78 is 33.2. The number of halogens is 2. The van der Waals surface area contributed by atoms with E-state index in [4.69, 9.17) is 4.74 Å². The van der Waals surface area contributed by atoms with Gasteiger partial charge in [-0.1, -0.05) is 32.0 Å². The van der Waals surface area contributed by atoms with Gasteiger partial charge in [0, 0.05) is 6.54 Å². The monoisotopic (exact) mass is 404 g/mol. The van der Waals surface area contributed by atoms with E-state index in [1.807, 2.05) is 31.2 Å². The molecule has 0 aliphatic carbocycles. The van der Waals surface area contributed by atoms with Crippen LogP contribution in [-0.4, -0.2) is 31.0 Å². The number of rotatable bonds is 9.